The summed E-state index contributed by atoms with van der Waals surface area (Å²) in [4.78, 5) is 22.8. The molecule has 148 valence electrons. The van der Waals surface area contributed by atoms with Crippen molar-refractivity contribution < 1.29 is 19.2 Å². The Labute approximate surface area is 166 Å². The molecular weight excluding hydrogens is 374 g/mol. The molecule has 0 saturated carbocycles. The van der Waals surface area contributed by atoms with E-state index in [2.05, 4.69) is 10.5 Å². The third kappa shape index (κ3) is 4.49. The Hall–Kier alpha value is -3.94. The standard InChI is InChI=1S/C21H19N3O5/c1-28-16-9-7-14-8-10-20(29-2)18(17(14)12-16)13-22-23-21(25)11-15-5-3-4-6-19(15)24(26)27/h3-10,12-13H,11H2,1-2H3,(H,23,25). The van der Waals surface area contributed by atoms with E-state index in [1.807, 2.05) is 30.3 Å². The lowest BCUT2D eigenvalue weighted by molar-refractivity contribution is -0.385. The summed E-state index contributed by atoms with van der Waals surface area (Å²) in [5.74, 6) is 0.801. The molecule has 0 heterocycles. The van der Waals surface area contributed by atoms with E-state index < -0.39 is 10.8 Å². The number of carbonyl (C=O) groups excluding carboxylic acids is 1. The number of nitrogens with one attached hydrogen (secondary N) is 1. The Morgan fingerprint density at radius 2 is 1.90 bits per heavy atom. The van der Waals surface area contributed by atoms with Gasteiger partial charge in [-0.25, -0.2) is 5.43 Å². The molecule has 0 unspecified atom stereocenters. The molecule has 3 rings (SSSR count). The minimum atomic E-state index is -0.514. The average molecular weight is 393 g/mol. The van der Waals surface area contributed by atoms with E-state index in [0.29, 0.717) is 22.6 Å². The summed E-state index contributed by atoms with van der Waals surface area (Å²) in [5.41, 5.74) is 3.30. The molecule has 1 amide bonds. The molecule has 0 atom stereocenters. The van der Waals surface area contributed by atoms with E-state index in [1.54, 1.807) is 32.4 Å². The van der Waals surface area contributed by atoms with Crippen LogP contribution in [0.25, 0.3) is 10.8 Å². The number of methoxy groups -OCH3 is 2. The molecule has 0 aromatic heterocycles. The average Bonchev–Trinajstić information content (AvgIpc) is 2.73. The van der Waals surface area contributed by atoms with Gasteiger partial charge in [0.15, 0.2) is 0 Å². The first-order chi connectivity index (χ1) is 14.0. The predicted octanol–water partition coefficient (Wildman–Crippen LogP) is 3.46. The highest BCUT2D eigenvalue weighted by Crippen LogP contribution is 2.29. The van der Waals surface area contributed by atoms with E-state index >= 15 is 0 Å². The SMILES string of the molecule is COc1ccc2ccc(OC)c(C=NNC(=O)Cc3ccccc3[N+](=O)[O-])c2c1. The lowest BCUT2D eigenvalue weighted by Crippen LogP contribution is -2.20. The second kappa shape index (κ2) is 8.83. The van der Waals surface area contributed by atoms with Gasteiger partial charge in [0.2, 0.25) is 5.91 Å². The molecule has 29 heavy (non-hydrogen) atoms. The fourth-order valence-corrected chi connectivity index (χ4v) is 2.96. The maximum Gasteiger partial charge on any atom is 0.273 e. The fraction of sp³-hybridized carbons (Fsp3) is 0.143. The molecule has 0 spiro atoms. The molecule has 0 aliphatic rings. The van der Waals surface area contributed by atoms with Gasteiger partial charge in [0.25, 0.3) is 5.69 Å². The Morgan fingerprint density at radius 1 is 1.14 bits per heavy atom. The van der Waals surface area contributed by atoms with Crippen LogP contribution in [0.5, 0.6) is 11.5 Å². The number of amides is 1. The van der Waals surface area contributed by atoms with Crippen LogP contribution < -0.4 is 14.9 Å². The van der Waals surface area contributed by atoms with Crippen molar-refractivity contribution in [2.24, 2.45) is 5.10 Å². The van der Waals surface area contributed by atoms with Crippen molar-refractivity contribution in [1.29, 1.82) is 0 Å². The lowest BCUT2D eigenvalue weighted by Gasteiger charge is -2.10. The summed E-state index contributed by atoms with van der Waals surface area (Å²) >= 11 is 0. The monoisotopic (exact) mass is 393 g/mol. The summed E-state index contributed by atoms with van der Waals surface area (Å²) in [6.45, 7) is 0. The highest BCUT2D eigenvalue weighted by molar-refractivity contribution is 6.03. The van der Waals surface area contributed by atoms with Crippen molar-refractivity contribution in [1.82, 2.24) is 5.43 Å². The van der Waals surface area contributed by atoms with E-state index in [1.165, 1.54) is 12.3 Å². The van der Waals surface area contributed by atoms with Gasteiger partial charge in [-0.2, -0.15) is 5.10 Å². The summed E-state index contributed by atoms with van der Waals surface area (Å²) in [7, 11) is 3.13. The highest BCUT2D eigenvalue weighted by Gasteiger charge is 2.15. The third-order valence-corrected chi connectivity index (χ3v) is 4.37. The van der Waals surface area contributed by atoms with Crippen molar-refractivity contribution in [3.05, 3.63) is 75.8 Å². The molecule has 8 heteroatoms. The number of carbonyl (C=O) groups is 1. The van der Waals surface area contributed by atoms with Gasteiger partial charge >= 0.3 is 0 Å². The molecule has 0 fully saturated rings. The zero-order valence-corrected chi connectivity index (χ0v) is 15.9. The van der Waals surface area contributed by atoms with Crippen LogP contribution in [0.2, 0.25) is 0 Å². The number of benzene rings is 3. The van der Waals surface area contributed by atoms with Crippen LogP contribution in [0.4, 0.5) is 5.69 Å². The van der Waals surface area contributed by atoms with Crippen molar-refractivity contribution in [3.8, 4) is 11.5 Å². The van der Waals surface area contributed by atoms with Gasteiger partial charge in [-0.15, -0.1) is 0 Å². The van der Waals surface area contributed by atoms with E-state index in [-0.39, 0.29) is 12.1 Å². The molecule has 0 bridgehead atoms. The first-order valence-corrected chi connectivity index (χ1v) is 8.72. The number of nitro groups is 1. The second-order valence-electron chi connectivity index (χ2n) is 6.12. The van der Waals surface area contributed by atoms with Crippen LogP contribution in [-0.2, 0) is 11.2 Å². The van der Waals surface area contributed by atoms with Crippen LogP contribution in [0.1, 0.15) is 11.1 Å². The lowest BCUT2D eigenvalue weighted by atomic mass is 10.0. The summed E-state index contributed by atoms with van der Waals surface area (Å²) in [6, 6.07) is 15.5. The van der Waals surface area contributed by atoms with Crippen molar-refractivity contribution >= 4 is 28.6 Å². The van der Waals surface area contributed by atoms with Crippen LogP contribution in [0, 0.1) is 10.1 Å². The van der Waals surface area contributed by atoms with Gasteiger partial charge in [0.1, 0.15) is 11.5 Å². The molecule has 3 aromatic rings. The third-order valence-electron chi connectivity index (χ3n) is 4.37. The minimum Gasteiger partial charge on any atom is -0.497 e. The van der Waals surface area contributed by atoms with Crippen LogP contribution in [-0.4, -0.2) is 31.3 Å². The minimum absolute atomic E-state index is 0.102. The molecule has 0 aliphatic heterocycles. The smallest absolute Gasteiger partial charge is 0.273 e. The number of rotatable bonds is 7. The van der Waals surface area contributed by atoms with E-state index in [0.717, 1.165) is 10.8 Å². The molecular formula is C21H19N3O5. The number of hydrazone groups is 1. The molecule has 3 aromatic carbocycles. The molecule has 0 saturated heterocycles. The number of hydrogen-bond acceptors (Lipinski definition) is 6. The van der Waals surface area contributed by atoms with Crippen molar-refractivity contribution in [3.63, 3.8) is 0 Å². The molecule has 1 N–H and O–H groups in total. The summed E-state index contributed by atoms with van der Waals surface area (Å²) < 4.78 is 10.7. The first-order valence-electron chi connectivity index (χ1n) is 8.72. The second-order valence-corrected chi connectivity index (χ2v) is 6.12. The highest BCUT2D eigenvalue weighted by atomic mass is 16.6. The van der Waals surface area contributed by atoms with Gasteiger partial charge in [0.05, 0.1) is 31.8 Å². The Morgan fingerprint density at radius 3 is 2.62 bits per heavy atom. The van der Waals surface area contributed by atoms with Gasteiger partial charge < -0.3 is 9.47 Å². The Balaban J connectivity index is 1.82. The topological polar surface area (TPSA) is 103 Å². The Kier molecular flexibility index (Phi) is 6.03. The van der Waals surface area contributed by atoms with Gasteiger partial charge in [-0.05, 0) is 29.0 Å². The van der Waals surface area contributed by atoms with Gasteiger partial charge in [0, 0.05) is 17.2 Å². The number of para-hydroxylation sites is 1. The maximum absolute atomic E-state index is 12.2. The molecule has 8 nitrogen and oxygen atoms in total. The number of ether oxygens (including phenoxy) is 2. The predicted molar refractivity (Wildman–Crippen MR) is 110 cm³/mol. The van der Waals surface area contributed by atoms with Crippen molar-refractivity contribution in [2.75, 3.05) is 14.2 Å². The normalized spacial score (nSPS) is 10.8. The number of nitrogens with zero attached hydrogens (tertiary/aromatic N) is 2. The van der Waals surface area contributed by atoms with Crippen LogP contribution >= 0.6 is 0 Å². The van der Waals surface area contributed by atoms with Gasteiger partial charge in [-0.3, -0.25) is 14.9 Å². The van der Waals surface area contributed by atoms with E-state index in [9.17, 15) is 14.9 Å². The van der Waals surface area contributed by atoms with Crippen molar-refractivity contribution in [2.45, 2.75) is 6.42 Å². The summed E-state index contributed by atoms with van der Waals surface area (Å²) in [6.07, 6.45) is 1.33. The van der Waals surface area contributed by atoms with Crippen LogP contribution in [0.3, 0.4) is 0 Å². The van der Waals surface area contributed by atoms with E-state index in [4.69, 9.17) is 9.47 Å². The zero-order valence-electron chi connectivity index (χ0n) is 15.9. The van der Waals surface area contributed by atoms with Gasteiger partial charge in [-0.1, -0.05) is 30.3 Å². The summed E-state index contributed by atoms with van der Waals surface area (Å²) in [5, 5.41) is 16.9. The Bertz CT molecular complexity index is 1090. The zero-order chi connectivity index (χ0) is 20.8. The number of fused-ring (bicyclic) bond motifs is 1. The first kappa shape index (κ1) is 19.8. The molecule has 0 radical (unpaired) electrons. The fourth-order valence-electron chi connectivity index (χ4n) is 2.96. The number of hydrogen-bond donors (Lipinski definition) is 1. The molecule has 0 aliphatic carbocycles. The largest absolute Gasteiger partial charge is 0.497 e. The number of nitro benzene ring substituents is 1. The van der Waals surface area contributed by atoms with Crippen LogP contribution in [0.15, 0.2) is 59.7 Å². The maximum atomic E-state index is 12.2. The quantitative estimate of drug-likeness (QED) is 0.376.